The molecule has 0 bridgehead atoms. The summed E-state index contributed by atoms with van der Waals surface area (Å²) in [5.41, 5.74) is 0.560. The standard InChI is InChI=1S/C10H11BrFNO2/c1-15-5-4-10(14)13-7-2-3-9(12)8(11)6-7/h2-3,6H,4-5H2,1H3,(H,13,14). The molecule has 1 rings (SSSR count). The van der Waals surface area contributed by atoms with Crippen molar-refractivity contribution in [2.24, 2.45) is 0 Å². The van der Waals surface area contributed by atoms with Gasteiger partial charge in [0, 0.05) is 12.8 Å². The van der Waals surface area contributed by atoms with Crippen LogP contribution in [0.15, 0.2) is 22.7 Å². The molecular weight excluding hydrogens is 265 g/mol. The largest absolute Gasteiger partial charge is 0.384 e. The van der Waals surface area contributed by atoms with Crippen LogP contribution in [0.3, 0.4) is 0 Å². The van der Waals surface area contributed by atoms with E-state index in [1.165, 1.54) is 25.3 Å². The van der Waals surface area contributed by atoms with E-state index in [0.29, 0.717) is 16.8 Å². The van der Waals surface area contributed by atoms with Crippen LogP contribution < -0.4 is 5.32 Å². The number of methoxy groups -OCH3 is 1. The van der Waals surface area contributed by atoms with E-state index < -0.39 is 0 Å². The fourth-order valence-corrected chi connectivity index (χ4v) is 1.37. The normalized spacial score (nSPS) is 10.1. The second-order valence-corrected chi connectivity index (χ2v) is 3.77. The molecule has 1 aromatic carbocycles. The number of anilines is 1. The van der Waals surface area contributed by atoms with Crippen LogP contribution in [-0.4, -0.2) is 19.6 Å². The van der Waals surface area contributed by atoms with Crippen LogP contribution in [0.2, 0.25) is 0 Å². The molecule has 1 amide bonds. The van der Waals surface area contributed by atoms with Crippen molar-refractivity contribution in [3.63, 3.8) is 0 Å². The minimum absolute atomic E-state index is 0.157. The third-order valence-electron chi connectivity index (χ3n) is 1.74. The summed E-state index contributed by atoms with van der Waals surface area (Å²) in [5, 5.41) is 2.63. The summed E-state index contributed by atoms with van der Waals surface area (Å²) in [6, 6.07) is 4.31. The lowest BCUT2D eigenvalue weighted by Gasteiger charge is -2.05. The second-order valence-electron chi connectivity index (χ2n) is 2.92. The van der Waals surface area contributed by atoms with Crippen LogP contribution in [-0.2, 0) is 9.53 Å². The first kappa shape index (κ1) is 12.1. The van der Waals surface area contributed by atoms with E-state index >= 15 is 0 Å². The lowest BCUT2D eigenvalue weighted by molar-refractivity contribution is -0.117. The monoisotopic (exact) mass is 275 g/mol. The highest BCUT2D eigenvalue weighted by Gasteiger charge is 2.04. The van der Waals surface area contributed by atoms with Crippen molar-refractivity contribution >= 4 is 27.5 Å². The van der Waals surface area contributed by atoms with Gasteiger partial charge in [0.25, 0.3) is 0 Å². The molecule has 0 atom stereocenters. The number of benzene rings is 1. The summed E-state index contributed by atoms with van der Waals surface area (Å²) in [7, 11) is 1.53. The summed E-state index contributed by atoms with van der Waals surface area (Å²) < 4.78 is 17.9. The number of rotatable bonds is 4. The molecule has 0 heterocycles. The average Bonchev–Trinajstić information content (AvgIpc) is 2.20. The number of amides is 1. The van der Waals surface area contributed by atoms with Gasteiger partial charge in [0.05, 0.1) is 17.5 Å². The van der Waals surface area contributed by atoms with E-state index in [4.69, 9.17) is 4.74 Å². The quantitative estimate of drug-likeness (QED) is 0.917. The summed E-state index contributed by atoms with van der Waals surface area (Å²) in [5.74, 6) is -0.514. The molecule has 15 heavy (non-hydrogen) atoms. The molecule has 0 fully saturated rings. The van der Waals surface area contributed by atoms with E-state index in [2.05, 4.69) is 21.2 Å². The highest BCUT2D eigenvalue weighted by molar-refractivity contribution is 9.10. The molecule has 0 aliphatic heterocycles. The molecule has 1 aromatic rings. The van der Waals surface area contributed by atoms with E-state index in [9.17, 15) is 9.18 Å². The van der Waals surface area contributed by atoms with Crippen molar-refractivity contribution in [1.29, 1.82) is 0 Å². The maximum absolute atomic E-state index is 12.9. The Morgan fingerprint density at radius 2 is 2.33 bits per heavy atom. The number of hydrogen-bond donors (Lipinski definition) is 1. The van der Waals surface area contributed by atoms with Gasteiger partial charge in [-0.05, 0) is 34.1 Å². The van der Waals surface area contributed by atoms with E-state index in [1.807, 2.05) is 0 Å². The zero-order valence-electron chi connectivity index (χ0n) is 8.22. The predicted octanol–water partition coefficient (Wildman–Crippen LogP) is 2.56. The van der Waals surface area contributed by atoms with Crippen LogP contribution in [0.5, 0.6) is 0 Å². The van der Waals surface area contributed by atoms with Gasteiger partial charge in [0.2, 0.25) is 5.91 Å². The number of halogens is 2. The van der Waals surface area contributed by atoms with Crippen LogP contribution >= 0.6 is 15.9 Å². The van der Waals surface area contributed by atoms with Gasteiger partial charge in [-0.1, -0.05) is 0 Å². The van der Waals surface area contributed by atoms with Crippen LogP contribution in [0.25, 0.3) is 0 Å². The maximum Gasteiger partial charge on any atom is 0.226 e. The second kappa shape index (κ2) is 5.82. The summed E-state index contributed by atoms with van der Waals surface area (Å²) >= 11 is 3.04. The van der Waals surface area contributed by atoms with Crippen molar-refractivity contribution < 1.29 is 13.9 Å². The molecule has 0 saturated heterocycles. The molecule has 5 heteroatoms. The predicted molar refractivity (Wildman–Crippen MR) is 59.2 cm³/mol. The fraction of sp³-hybridized carbons (Fsp3) is 0.300. The Morgan fingerprint density at radius 3 is 2.93 bits per heavy atom. The van der Waals surface area contributed by atoms with Crippen LogP contribution in [0, 0.1) is 5.82 Å². The molecule has 0 radical (unpaired) electrons. The van der Waals surface area contributed by atoms with Crippen molar-refractivity contribution in [2.45, 2.75) is 6.42 Å². The SMILES string of the molecule is COCCC(=O)Nc1ccc(F)c(Br)c1. The van der Waals surface area contributed by atoms with Gasteiger partial charge in [-0.2, -0.15) is 0 Å². The van der Waals surface area contributed by atoms with Gasteiger partial charge < -0.3 is 10.1 Å². The third kappa shape index (κ3) is 3.97. The first-order valence-electron chi connectivity index (χ1n) is 4.37. The van der Waals surface area contributed by atoms with Gasteiger partial charge >= 0.3 is 0 Å². The highest BCUT2D eigenvalue weighted by atomic mass is 79.9. The number of nitrogens with one attached hydrogen (secondary N) is 1. The van der Waals surface area contributed by atoms with Gasteiger partial charge in [-0.3, -0.25) is 4.79 Å². The van der Waals surface area contributed by atoms with Crippen molar-refractivity contribution in [3.8, 4) is 0 Å². The third-order valence-corrected chi connectivity index (χ3v) is 2.34. The molecule has 0 aliphatic carbocycles. The summed E-state index contributed by atoms with van der Waals surface area (Å²) in [4.78, 5) is 11.3. The first-order chi connectivity index (χ1) is 7.13. The van der Waals surface area contributed by atoms with Crippen molar-refractivity contribution in [2.75, 3.05) is 19.0 Å². The highest BCUT2D eigenvalue weighted by Crippen LogP contribution is 2.19. The smallest absolute Gasteiger partial charge is 0.226 e. The van der Waals surface area contributed by atoms with E-state index in [-0.39, 0.29) is 18.1 Å². The van der Waals surface area contributed by atoms with E-state index in [0.717, 1.165) is 0 Å². The first-order valence-corrected chi connectivity index (χ1v) is 5.16. The molecule has 3 nitrogen and oxygen atoms in total. The van der Waals surface area contributed by atoms with Crippen molar-refractivity contribution in [1.82, 2.24) is 0 Å². The molecular formula is C10H11BrFNO2. The molecule has 0 unspecified atom stereocenters. The average molecular weight is 276 g/mol. The number of hydrogen-bond acceptors (Lipinski definition) is 2. The zero-order chi connectivity index (χ0) is 11.3. The Balaban J connectivity index is 2.57. The van der Waals surface area contributed by atoms with Crippen LogP contribution in [0.1, 0.15) is 6.42 Å². The lowest BCUT2D eigenvalue weighted by atomic mass is 10.3. The van der Waals surface area contributed by atoms with E-state index in [1.54, 1.807) is 0 Å². The molecule has 82 valence electrons. The Kier molecular flexibility index (Phi) is 4.71. The Bertz CT molecular complexity index is 357. The number of carbonyl (C=O) groups is 1. The summed E-state index contributed by atoms with van der Waals surface area (Å²) in [6.07, 6.45) is 0.283. The Hall–Kier alpha value is -0.940. The van der Waals surface area contributed by atoms with Gasteiger partial charge in [-0.15, -0.1) is 0 Å². The molecule has 0 aromatic heterocycles. The zero-order valence-corrected chi connectivity index (χ0v) is 9.80. The number of ether oxygens (including phenoxy) is 1. The molecule has 0 spiro atoms. The molecule has 1 N–H and O–H groups in total. The minimum atomic E-state index is -0.357. The maximum atomic E-state index is 12.9. The van der Waals surface area contributed by atoms with Gasteiger partial charge in [0.1, 0.15) is 5.82 Å². The Morgan fingerprint density at radius 1 is 1.60 bits per heavy atom. The minimum Gasteiger partial charge on any atom is -0.384 e. The fourth-order valence-electron chi connectivity index (χ4n) is 0.992. The molecule has 0 saturated carbocycles. The summed E-state index contributed by atoms with van der Waals surface area (Å²) in [6.45, 7) is 0.369. The number of carbonyl (C=O) groups excluding carboxylic acids is 1. The Labute approximate surface area is 95.7 Å². The van der Waals surface area contributed by atoms with Crippen LogP contribution in [0.4, 0.5) is 10.1 Å². The van der Waals surface area contributed by atoms with Crippen molar-refractivity contribution in [3.05, 3.63) is 28.5 Å². The molecule has 0 aliphatic rings. The van der Waals surface area contributed by atoms with Gasteiger partial charge in [0.15, 0.2) is 0 Å². The topological polar surface area (TPSA) is 38.3 Å². The van der Waals surface area contributed by atoms with Gasteiger partial charge in [-0.25, -0.2) is 4.39 Å². The lowest BCUT2D eigenvalue weighted by Crippen LogP contribution is -2.13.